The van der Waals surface area contributed by atoms with Gasteiger partial charge in [-0.05, 0) is 45.8 Å². The topological polar surface area (TPSA) is 29.5 Å². The molecule has 1 rings (SSSR count). The monoisotopic (exact) mass is 302 g/mol. The highest BCUT2D eigenvalue weighted by Crippen LogP contribution is 2.25. The maximum atomic E-state index is 10.0. The standard InChI is InChI=1S/C20H30O2/c1-6-12-17(18-13-8-7-9-14-18)15-10-11-16-22-20(4,5)19(2,3)21/h7-11,13-17,21H,6,12H2,1-5H3/b15-10-,16-11+. The maximum absolute atomic E-state index is 10.0. The molecule has 0 aliphatic heterocycles. The van der Waals surface area contributed by atoms with Gasteiger partial charge in [-0.3, -0.25) is 0 Å². The van der Waals surface area contributed by atoms with Gasteiger partial charge in [0.05, 0.1) is 11.9 Å². The van der Waals surface area contributed by atoms with Gasteiger partial charge in [0.2, 0.25) is 0 Å². The van der Waals surface area contributed by atoms with Crippen molar-refractivity contribution in [1.29, 1.82) is 0 Å². The average molecular weight is 302 g/mol. The van der Waals surface area contributed by atoms with E-state index in [0.29, 0.717) is 5.92 Å². The minimum absolute atomic E-state index is 0.429. The Bertz CT molecular complexity index is 478. The zero-order valence-corrected chi connectivity index (χ0v) is 14.5. The molecule has 0 saturated heterocycles. The highest BCUT2D eigenvalue weighted by molar-refractivity contribution is 5.24. The van der Waals surface area contributed by atoms with E-state index in [-0.39, 0.29) is 0 Å². The Hall–Kier alpha value is -1.54. The van der Waals surface area contributed by atoms with Crippen molar-refractivity contribution in [2.75, 3.05) is 0 Å². The number of rotatable bonds is 8. The number of hydrogen-bond donors (Lipinski definition) is 1. The lowest BCUT2D eigenvalue weighted by molar-refractivity contribution is -0.113. The van der Waals surface area contributed by atoms with Crippen molar-refractivity contribution in [2.24, 2.45) is 0 Å². The average Bonchev–Trinajstić information content (AvgIpc) is 2.45. The van der Waals surface area contributed by atoms with Crippen LogP contribution in [0.1, 0.15) is 58.9 Å². The van der Waals surface area contributed by atoms with Crippen LogP contribution >= 0.6 is 0 Å². The Kier molecular flexibility index (Phi) is 6.89. The molecular formula is C20H30O2. The highest BCUT2D eigenvalue weighted by Gasteiger charge is 2.36. The molecule has 0 heterocycles. The van der Waals surface area contributed by atoms with E-state index in [1.807, 2.05) is 32.1 Å². The smallest absolute Gasteiger partial charge is 0.130 e. The second-order valence-electron chi connectivity index (χ2n) is 6.71. The van der Waals surface area contributed by atoms with Gasteiger partial charge in [-0.25, -0.2) is 0 Å². The fourth-order valence-electron chi connectivity index (χ4n) is 1.98. The van der Waals surface area contributed by atoms with Crippen LogP contribution in [-0.2, 0) is 4.74 Å². The summed E-state index contributed by atoms with van der Waals surface area (Å²) in [6.45, 7) is 9.47. The summed E-state index contributed by atoms with van der Waals surface area (Å²) in [5.41, 5.74) is -0.179. The Labute approximate surface area is 135 Å². The van der Waals surface area contributed by atoms with Crippen LogP contribution < -0.4 is 0 Å². The lowest BCUT2D eigenvalue weighted by atomic mass is 9.90. The van der Waals surface area contributed by atoms with Gasteiger partial charge < -0.3 is 9.84 Å². The van der Waals surface area contributed by atoms with Gasteiger partial charge >= 0.3 is 0 Å². The summed E-state index contributed by atoms with van der Waals surface area (Å²) in [6, 6.07) is 10.5. The van der Waals surface area contributed by atoms with Crippen molar-refractivity contribution in [1.82, 2.24) is 0 Å². The van der Waals surface area contributed by atoms with E-state index in [0.717, 1.165) is 12.8 Å². The van der Waals surface area contributed by atoms with Crippen molar-refractivity contribution >= 4 is 0 Å². The molecule has 0 aliphatic carbocycles. The Morgan fingerprint density at radius 1 is 1.09 bits per heavy atom. The van der Waals surface area contributed by atoms with Crippen LogP contribution in [0, 0.1) is 0 Å². The molecule has 0 radical (unpaired) electrons. The zero-order chi connectivity index (χ0) is 16.6. The Morgan fingerprint density at radius 2 is 1.73 bits per heavy atom. The SMILES string of the molecule is CCCC(/C=C\C=C\OC(C)(C)C(C)(C)O)c1ccccc1. The molecule has 0 fully saturated rings. The molecule has 0 aliphatic rings. The lowest BCUT2D eigenvalue weighted by Crippen LogP contribution is -2.46. The summed E-state index contributed by atoms with van der Waals surface area (Å²) in [7, 11) is 0. The van der Waals surface area contributed by atoms with Crippen molar-refractivity contribution in [3.63, 3.8) is 0 Å². The van der Waals surface area contributed by atoms with Gasteiger partial charge in [-0.2, -0.15) is 0 Å². The first-order valence-electron chi connectivity index (χ1n) is 8.06. The minimum atomic E-state index is -0.893. The minimum Gasteiger partial charge on any atom is -0.492 e. The van der Waals surface area contributed by atoms with Crippen LogP contribution in [0.3, 0.4) is 0 Å². The van der Waals surface area contributed by atoms with E-state index in [4.69, 9.17) is 4.74 Å². The molecule has 0 spiro atoms. The maximum Gasteiger partial charge on any atom is 0.130 e. The molecule has 2 heteroatoms. The van der Waals surface area contributed by atoms with Crippen LogP contribution in [0.2, 0.25) is 0 Å². The van der Waals surface area contributed by atoms with Crippen LogP contribution in [0.25, 0.3) is 0 Å². The normalized spacial score (nSPS) is 14.6. The molecule has 122 valence electrons. The molecule has 0 aromatic heterocycles. The Morgan fingerprint density at radius 3 is 2.27 bits per heavy atom. The molecule has 0 bridgehead atoms. The van der Waals surface area contributed by atoms with Gasteiger partial charge in [0.15, 0.2) is 0 Å². The van der Waals surface area contributed by atoms with Crippen molar-refractivity contribution in [3.8, 4) is 0 Å². The number of hydrogen-bond acceptors (Lipinski definition) is 2. The summed E-state index contributed by atoms with van der Waals surface area (Å²) in [4.78, 5) is 0. The van der Waals surface area contributed by atoms with E-state index in [1.54, 1.807) is 20.1 Å². The van der Waals surface area contributed by atoms with E-state index < -0.39 is 11.2 Å². The molecule has 22 heavy (non-hydrogen) atoms. The van der Waals surface area contributed by atoms with Gasteiger partial charge in [-0.15, -0.1) is 0 Å². The highest BCUT2D eigenvalue weighted by atomic mass is 16.5. The van der Waals surface area contributed by atoms with Crippen LogP contribution in [0.4, 0.5) is 0 Å². The van der Waals surface area contributed by atoms with Crippen molar-refractivity contribution < 1.29 is 9.84 Å². The molecule has 1 aromatic rings. The van der Waals surface area contributed by atoms with E-state index >= 15 is 0 Å². The molecule has 1 N–H and O–H groups in total. The van der Waals surface area contributed by atoms with Crippen LogP contribution in [-0.4, -0.2) is 16.3 Å². The zero-order valence-electron chi connectivity index (χ0n) is 14.5. The summed E-state index contributed by atoms with van der Waals surface area (Å²) < 4.78 is 5.66. The van der Waals surface area contributed by atoms with Crippen molar-refractivity contribution in [2.45, 2.75) is 64.6 Å². The summed E-state index contributed by atoms with van der Waals surface area (Å²) in [5, 5.41) is 10.0. The van der Waals surface area contributed by atoms with Crippen molar-refractivity contribution in [3.05, 3.63) is 60.4 Å². The second kappa shape index (κ2) is 8.19. The molecular weight excluding hydrogens is 272 g/mol. The largest absolute Gasteiger partial charge is 0.492 e. The Balaban J connectivity index is 2.64. The third kappa shape index (κ3) is 5.69. The van der Waals surface area contributed by atoms with Gasteiger partial charge in [0.25, 0.3) is 0 Å². The quantitative estimate of drug-likeness (QED) is 0.528. The molecule has 1 unspecified atom stereocenters. The first-order chi connectivity index (χ1) is 10.3. The van der Waals surface area contributed by atoms with E-state index in [1.165, 1.54) is 5.56 Å². The summed E-state index contributed by atoms with van der Waals surface area (Å²) >= 11 is 0. The number of benzene rings is 1. The molecule has 1 aromatic carbocycles. The first-order valence-corrected chi connectivity index (χ1v) is 8.06. The molecule has 0 saturated carbocycles. The second-order valence-corrected chi connectivity index (χ2v) is 6.71. The van der Waals surface area contributed by atoms with E-state index in [9.17, 15) is 5.11 Å². The fraction of sp³-hybridized carbons (Fsp3) is 0.500. The predicted octanol–water partition coefficient (Wildman–Crippen LogP) is 5.21. The van der Waals surface area contributed by atoms with Crippen LogP contribution in [0.5, 0.6) is 0 Å². The number of aliphatic hydroxyl groups is 1. The fourth-order valence-corrected chi connectivity index (χ4v) is 1.98. The van der Waals surface area contributed by atoms with Gasteiger partial charge in [0, 0.05) is 5.92 Å². The molecule has 2 nitrogen and oxygen atoms in total. The van der Waals surface area contributed by atoms with Gasteiger partial charge in [-0.1, -0.05) is 55.8 Å². The predicted molar refractivity (Wildman–Crippen MR) is 93.8 cm³/mol. The summed E-state index contributed by atoms with van der Waals surface area (Å²) in [6.07, 6.45) is 10.0. The number of ether oxygens (including phenoxy) is 1. The van der Waals surface area contributed by atoms with E-state index in [2.05, 4.69) is 37.3 Å². The summed E-state index contributed by atoms with van der Waals surface area (Å²) in [5.74, 6) is 0.429. The third-order valence-electron chi connectivity index (χ3n) is 4.20. The van der Waals surface area contributed by atoms with Crippen LogP contribution in [0.15, 0.2) is 54.8 Å². The first kappa shape index (κ1) is 18.5. The lowest BCUT2D eigenvalue weighted by Gasteiger charge is -2.36. The van der Waals surface area contributed by atoms with Gasteiger partial charge in [0.1, 0.15) is 5.60 Å². The number of allylic oxidation sites excluding steroid dienone is 3. The third-order valence-corrected chi connectivity index (χ3v) is 4.20. The molecule has 0 amide bonds. The molecule has 1 atom stereocenters.